The maximum absolute atomic E-state index is 13.3. The summed E-state index contributed by atoms with van der Waals surface area (Å²) in [6.07, 6.45) is 0. The summed E-state index contributed by atoms with van der Waals surface area (Å²) in [5.74, 6) is -0.486. The Balaban J connectivity index is 2.18. The number of nitrogens with zero attached hydrogens (tertiary/aromatic N) is 1. The molecule has 0 unspecified atom stereocenters. The zero-order valence-electron chi connectivity index (χ0n) is 9.33. The van der Waals surface area contributed by atoms with Gasteiger partial charge < -0.3 is 5.32 Å². The molecule has 86 valence electrons. The summed E-state index contributed by atoms with van der Waals surface area (Å²) in [4.78, 5) is 1.19. The van der Waals surface area contributed by atoms with Crippen molar-refractivity contribution in [2.75, 3.05) is 5.32 Å². The molecule has 4 heteroatoms. The highest BCUT2D eigenvalue weighted by Gasteiger charge is 2.07. The van der Waals surface area contributed by atoms with E-state index in [9.17, 15) is 4.39 Å². The molecule has 0 aliphatic rings. The van der Waals surface area contributed by atoms with Gasteiger partial charge in [-0.25, -0.2) is 4.39 Å². The van der Waals surface area contributed by atoms with Crippen LogP contribution in [-0.2, 0) is 6.54 Å². The molecule has 1 N–H and O–H groups in total. The molecule has 0 atom stereocenters. The Labute approximate surface area is 103 Å². The molecule has 0 amide bonds. The number of nitrogens with one attached hydrogen (secondary N) is 1. The van der Waals surface area contributed by atoms with Gasteiger partial charge in [-0.3, -0.25) is 0 Å². The number of anilines is 1. The Morgan fingerprint density at radius 2 is 2.24 bits per heavy atom. The molecule has 0 bridgehead atoms. The van der Waals surface area contributed by atoms with Crippen LogP contribution >= 0.6 is 11.3 Å². The lowest BCUT2D eigenvalue weighted by atomic mass is 10.2. The lowest BCUT2D eigenvalue weighted by Crippen LogP contribution is -2.02. The molecule has 1 aromatic carbocycles. The van der Waals surface area contributed by atoms with Crippen LogP contribution in [0.2, 0.25) is 0 Å². The van der Waals surface area contributed by atoms with Crippen LogP contribution < -0.4 is 5.32 Å². The molecule has 2 nitrogen and oxygen atoms in total. The van der Waals surface area contributed by atoms with Gasteiger partial charge in [-0.2, -0.15) is 5.26 Å². The minimum absolute atomic E-state index is 0.0710. The first-order chi connectivity index (χ1) is 8.22. The molecule has 2 aromatic rings. The largest absolute Gasteiger partial charge is 0.379 e. The molecular formula is C13H11FN2S. The van der Waals surface area contributed by atoms with Crippen molar-refractivity contribution in [1.29, 1.82) is 5.26 Å². The quantitative estimate of drug-likeness (QED) is 0.896. The number of hydrogen-bond donors (Lipinski definition) is 1. The molecule has 0 aliphatic carbocycles. The van der Waals surface area contributed by atoms with Crippen LogP contribution in [0.5, 0.6) is 0 Å². The molecule has 17 heavy (non-hydrogen) atoms. The highest BCUT2D eigenvalue weighted by molar-refractivity contribution is 7.10. The summed E-state index contributed by atoms with van der Waals surface area (Å²) >= 11 is 1.65. The van der Waals surface area contributed by atoms with E-state index in [1.54, 1.807) is 23.5 Å². The van der Waals surface area contributed by atoms with E-state index in [0.717, 1.165) is 0 Å². The van der Waals surface area contributed by atoms with Gasteiger partial charge in [0, 0.05) is 11.4 Å². The summed E-state index contributed by atoms with van der Waals surface area (Å²) in [6, 6.07) is 8.52. The number of thiophene rings is 1. The average Bonchev–Trinajstić information content (AvgIpc) is 2.72. The summed E-state index contributed by atoms with van der Waals surface area (Å²) in [7, 11) is 0. The van der Waals surface area contributed by atoms with E-state index in [0.29, 0.717) is 12.2 Å². The van der Waals surface area contributed by atoms with Crippen molar-refractivity contribution in [1.82, 2.24) is 0 Å². The summed E-state index contributed by atoms with van der Waals surface area (Å²) in [5.41, 5.74) is 1.82. The Hall–Kier alpha value is -1.86. The van der Waals surface area contributed by atoms with Crippen molar-refractivity contribution in [2.45, 2.75) is 13.5 Å². The highest BCUT2D eigenvalue weighted by Crippen LogP contribution is 2.21. The second-order valence-electron chi connectivity index (χ2n) is 3.65. The van der Waals surface area contributed by atoms with Gasteiger partial charge in [-0.15, -0.1) is 11.3 Å². The second-order valence-corrected chi connectivity index (χ2v) is 4.66. The van der Waals surface area contributed by atoms with Crippen molar-refractivity contribution < 1.29 is 4.39 Å². The first kappa shape index (κ1) is 11.6. The minimum atomic E-state index is -0.486. The van der Waals surface area contributed by atoms with Gasteiger partial charge in [0.25, 0.3) is 0 Å². The van der Waals surface area contributed by atoms with Crippen LogP contribution in [-0.4, -0.2) is 0 Å². The molecule has 1 heterocycles. The van der Waals surface area contributed by atoms with Gasteiger partial charge in [0.2, 0.25) is 0 Å². The maximum atomic E-state index is 13.3. The third kappa shape index (κ3) is 2.45. The molecule has 1 aromatic heterocycles. The zero-order chi connectivity index (χ0) is 12.3. The van der Waals surface area contributed by atoms with Crippen molar-refractivity contribution in [3.63, 3.8) is 0 Å². The molecule has 0 radical (unpaired) electrons. The molecule has 0 aliphatic heterocycles. The predicted octanol–water partition coefficient (Wildman–Crippen LogP) is 3.68. The van der Waals surface area contributed by atoms with E-state index in [1.165, 1.54) is 16.5 Å². The number of nitriles is 1. The SMILES string of the molecule is Cc1ccsc1CNc1cccc(F)c1C#N. The zero-order valence-corrected chi connectivity index (χ0v) is 10.1. The first-order valence-electron chi connectivity index (χ1n) is 5.18. The lowest BCUT2D eigenvalue weighted by Gasteiger charge is -2.08. The van der Waals surface area contributed by atoms with Gasteiger partial charge in [-0.05, 0) is 36.1 Å². The minimum Gasteiger partial charge on any atom is -0.379 e. The fourth-order valence-electron chi connectivity index (χ4n) is 1.55. The number of rotatable bonds is 3. The maximum Gasteiger partial charge on any atom is 0.143 e. The number of halogens is 1. The van der Waals surface area contributed by atoms with Gasteiger partial charge in [-0.1, -0.05) is 6.07 Å². The lowest BCUT2D eigenvalue weighted by molar-refractivity contribution is 0.624. The Bertz CT molecular complexity index is 569. The summed E-state index contributed by atoms with van der Waals surface area (Å²) in [5, 5.41) is 14.0. The van der Waals surface area contributed by atoms with E-state index in [-0.39, 0.29) is 5.56 Å². The standard InChI is InChI=1S/C13H11FN2S/c1-9-5-6-17-13(9)8-16-12-4-2-3-11(14)10(12)7-15/h2-6,16H,8H2,1H3. The molecule has 0 spiro atoms. The van der Waals surface area contributed by atoms with Gasteiger partial charge in [0.1, 0.15) is 17.4 Å². The van der Waals surface area contributed by atoms with Crippen LogP contribution in [0.4, 0.5) is 10.1 Å². The van der Waals surface area contributed by atoms with E-state index in [2.05, 4.69) is 5.32 Å². The second kappa shape index (κ2) is 4.98. The third-order valence-corrected chi connectivity index (χ3v) is 3.56. The van der Waals surface area contributed by atoms with E-state index in [1.807, 2.05) is 24.4 Å². The van der Waals surface area contributed by atoms with Crippen LogP contribution in [0.1, 0.15) is 16.0 Å². The fraction of sp³-hybridized carbons (Fsp3) is 0.154. The van der Waals surface area contributed by atoms with E-state index in [4.69, 9.17) is 5.26 Å². The normalized spacial score (nSPS) is 9.94. The average molecular weight is 246 g/mol. The first-order valence-corrected chi connectivity index (χ1v) is 6.06. The predicted molar refractivity (Wildman–Crippen MR) is 67.5 cm³/mol. The number of hydrogen-bond acceptors (Lipinski definition) is 3. The highest BCUT2D eigenvalue weighted by atomic mass is 32.1. The molecule has 0 saturated carbocycles. The number of benzene rings is 1. The monoisotopic (exact) mass is 246 g/mol. The van der Waals surface area contributed by atoms with Crippen LogP contribution in [0.25, 0.3) is 0 Å². The van der Waals surface area contributed by atoms with Gasteiger partial charge >= 0.3 is 0 Å². The van der Waals surface area contributed by atoms with Crippen LogP contribution in [0.3, 0.4) is 0 Å². The van der Waals surface area contributed by atoms with Gasteiger partial charge in [0.05, 0.1) is 5.69 Å². The summed E-state index contributed by atoms with van der Waals surface area (Å²) < 4.78 is 13.3. The van der Waals surface area contributed by atoms with Crippen molar-refractivity contribution in [3.8, 4) is 6.07 Å². The topological polar surface area (TPSA) is 35.8 Å². The Morgan fingerprint density at radius 3 is 2.88 bits per heavy atom. The van der Waals surface area contributed by atoms with Gasteiger partial charge in [0.15, 0.2) is 0 Å². The molecule has 0 saturated heterocycles. The van der Waals surface area contributed by atoms with Crippen LogP contribution in [0.15, 0.2) is 29.6 Å². The Kier molecular flexibility index (Phi) is 3.40. The van der Waals surface area contributed by atoms with Crippen molar-refractivity contribution in [3.05, 3.63) is 51.5 Å². The summed E-state index contributed by atoms with van der Waals surface area (Å²) in [6.45, 7) is 2.64. The Morgan fingerprint density at radius 1 is 1.41 bits per heavy atom. The van der Waals surface area contributed by atoms with Crippen molar-refractivity contribution in [2.24, 2.45) is 0 Å². The fourth-order valence-corrected chi connectivity index (χ4v) is 2.39. The third-order valence-electron chi connectivity index (χ3n) is 2.53. The van der Waals surface area contributed by atoms with E-state index < -0.39 is 5.82 Å². The van der Waals surface area contributed by atoms with E-state index >= 15 is 0 Å². The van der Waals surface area contributed by atoms with Crippen molar-refractivity contribution >= 4 is 17.0 Å². The smallest absolute Gasteiger partial charge is 0.143 e. The molecular weight excluding hydrogens is 235 g/mol. The number of aryl methyl sites for hydroxylation is 1. The van der Waals surface area contributed by atoms with Crippen LogP contribution in [0, 0.1) is 24.1 Å². The molecule has 0 fully saturated rings. The molecule has 2 rings (SSSR count).